The highest BCUT2D eigenvalue weighted by Gasteiger charge is 2.38. The average molecular weight is 239 g/mol. The Balaban J connectivity index is 2.43. The second-order valence-electron chi connectivity index (χ2n) is 8.88. The van der Waals surface area contributed by atoms with Gasteiger partial charge in [-0.25, -0.2) is 0 Å². The van der Waals surface area contributed by atoms with Crippen LogP contribution < -0.4 is 5.32 Å². The van der Waals surface area contributed by atoms with Crippen molar-refractivity contribution in [1.29, 1.82) is 0 Å². The van der Waals surface area contributed by atoms with E-state index in [1.807, 2.05) is 0 Å². The third-order valence-corrected chi connectivity index (χ3v) is 3.86. The second-order valence-corrected chi connectivity index (χ2v) is 8.88. The van der Waals surface area contributed by atoms with E-state index < -0.39 is 0 Å². The summed E-state index contributed by atoms with van der Waals surface area (Å²) in [5.41, 5.74) is 1.45. The summed E-state index contributed by atoms with van der Waals surface area (Å²) >= 11 is 0. The lowest BCUT2D eigenvalue weighted by Gasteiger charge is -2.45. The predicted molar refractivity (Wildman–Crippen MR) is 77.3 cm³/mol. The molecule has 1 aliphatic rings. The number of rotatable bonds is 3. The van der Waals surface area contributed by atoms with Gasteiger partial charge >= 0.3 is 0 Å². The summed E-state index contributed by atoms with van der Waals surface area (Å²) < 4.78 is 0. The van der Waals surface area contributed by atoms with Crippen molar-refractivity contribution in [2.75, 3.05) is 6.54 Å². The molecule has 0 radical (unpaired) electrons. The molecule has 0 atom stereocenters. The van der Waals surface area contributed by atoms with Crippen molar-refractivity contribution in [3.8, 4) is 0 Å². The smallest absolute Gasteiger partial charge is 0.00772 e. The highest BCUT2D eigenvalue weighted by molar-refractivity contribution is 4.92. The van der Waals surface area contributed by atoms with Crippen LogP contribution in [0.3, 0.4) is 0 Å². The van der Waals surface area contributed by atoms with Gasteiger partial charge in [0.05, 0.1) is 0 Å². The molecule has 1 fully saturated rings. The SMILES string of the molecule is CC(C)(C)CCNC1CC(C)(C)CC(C)(C)C1. The molecule has 1 rings (SSSR count). The number of hydrogen-bond acceptors (Lipinski definition) is 1. The fourth-order valence-corrected chi connectivity index (χ4v) is 3.64. The molecule has 1 nitrogen and oxygen atoms in total. The van der Waals surface area contributed by atoms with Crippen LogP contribution in [0, 0.1) is 16.2 Å². The maximum absolute atomic E-state index is 3.79. The monoisotopic (exact) mass is 239 g/mol. The van der Waals surface area contributed by atoms with E-state index in [-0.39, 0.29) is 0 Å². The van der Waals surface area contributed by atoms with Gasteiger partial charge in [0.2, 0.25) is 0 Å². The van der Waals surface area contributed by atoms with E-state index in [4.69, 9.17) is 0 Å². The third-order valence-electron chi connectivity index (χ3n) is 3.86. The highest BCUT2D eigenvalue weighted by atomic mass is 14.9. The molecule has 0 aromatic rings. The van der Waals surface area contributed by atoms with E-state index in [0.717, 1.165) is 6.04 Å². The topological polar surface area (TPSA) is 12.0 Å². The van der Waals surface area contributed by atoms with Gasteiger partial charge in [0.1, 0.15) is 0 Å². The van der Waals surface area contributed by atoms with E-state index in [1.165, 1.54) is 32.2 Å². The van der Waals surface area contributed by atoms with E-state index in [0.29, 0.717) is 16.2 Å². The van der Waals surface area contributed by atoms with Gasteiger partial charge in [0, 0.05) is 6.04 Å². The Kier molecular flexibility index (Phi) is 4.34. The summed E-state index contributed by atoms with van der Waals surface area (Å²) in [5.74, 6) is 0. The lowest BCUT2D eigenvalue weighted by Crippen LogP contribution is -2.44. The van der Waals surface area contributed by atoms with Gasteiger partial charge in [-0.1, -0.05) is 48.5 Å². The first kappa shape index (κ1) is 15.0. The molecule has 17 heavy (non-hydrogen) atoms. The quantitative estimate of drug-likeness (QED) is 0.758. The Morgan fingerprint density at radius 3 is 1.88 bits per heavy atom. The maximum Gasteiger partial charge on any atom is 0.00772 e. The normalized spacial score (nSPS) is 24.9. The zero-order valence-electron chi connectivity index (χ0n) is 13.1. The standard InChI is InChI=1S/C16H33N/c1-14(2,3)8-9-17-13-10-15(4,5)12-16(6,7)11-13/h13,17H,8-12H2,1-7H3. The molecule has 0 saturated heterocycles. The molecule has 0 aromatic heterocycles. The van der Waals surface area contributed by atoms with Crippen LogP contribution in [0.15, 0.2) is 0 Å². The van der Waals surface area contributed by atoms with Crippen LogP contribution in [-0.4, -0.2) is 12.6 Å². The average Bonchev–Trinajstić information content (AvgIpc) is 1.93. The van der Waals surface area contributed by atoms with Crippen LogP contribution in [-0.2, 0) is 0 Å². The molecule has 0 unspecified atom stereocenters. The Bertz CT molecular complexity index is 229. The van der Waals surface area contributed by atoms with Crippen LogP contribution in [0.1, 0.15) is 74.1 Å². The Morgan fingerprint density at radius 1 is 1.00 bits per heavy atom. The van der Waals surface area contributed by atoms with Crippen molar-refractivity contribution in [2.45, 2.75) is 80.2 Å². The zero-order valence-corrected chi connectivity index (χ0v) is 13.1. The van der Waals surface area contributed by atoms with Gasteiger partial charge in [0.25, 0.3) is 0 Å². The molecular formula is C16H33N. The van der Waals surface area contributed by atoms with Crippen molar-refractivity contribution < 1.29 is 0 Å². The number of nitrogens with one attached hydrogen (secondary N) is 1. The summed E-state index contributed by atoms with van der Waals surface area (Å²) in [6.45, 7) is 17.8. The van der Waals surface area contributed by atoms with Crippen molar-refractivity contribution in [3.05, 3.63) is 0 Å². The molecule has 1 aliphatic carbocycles. The highest BCUT2D eigenvalue weighted by Crippen LogP contribution is 2.45. The lowest BCUT2D eigenvalue weighted by molar-refractivity contribution is 0.0840. The molecule has 1 saturated carbocycles. The minimum Gasteiger partial charge on any atom is -0.314 e. The molecule has 1 N–H and O–H groups in total. The van der Waals surface area contributed by atoms with E-state index in [2.05, 4.69) is 53.8 Å². The molecule has 0 amide bonds. The molecule has 0 aliphatic heterocycles. The van der Waals surface area contributed by atoms with Crippen molar-refractivity contribution in [3.63, 3.8) is 0 Å². The van der Waals surface area contributed by atoms with Gasteiger partial charge in [0.15, 0.2) is 0 Å². The molecule has 0 heterocycles. The Hall–Kier alpha value is -0.0400. The summed E-state index contributed by atoms with van der Waals surface area (Å²) in [7, 11) is 0. The third kappa shape index (κ3) is 5.90. The van der Waals surface area contributed by atoms with Gasteiger partial charge in [-0.2, -0.15) is 0 Å². The fourth-order valence-electron chi connectivity index (χ4n) is 3.64. The van der Waals surface area contributed by atoms with Crippen LogP contribution in [0.5, 0.6) is 0 Å². The zero-order chi connectivity index (χ0) is 13.3. The van der Waals surface area contributed by atoms with E-state index in [1.54, 1.807) is 0 Å². The molecule has 0 spiro atoms. The molecule has 0 bridgehead atoms. The van der Waals surface area contributed by atoms with Crippen LogP contribution >= 0.6 is 0 Å². The fraction of sp³-hybridized carbons (Fsp3) is 1.00. The van der Waals surface area contributed by atoms with Crippen molar-refractivity contribution in [1.82, 2.24) is 5.32 Å². The molecule has 0 aromatic carbocycles. The first-order valence-corrected chi connectivity index (χ1v) is 7.23. The number of hydrogen-bond donors (Lipinski definition) is 1. The summed E-state index contributed by atoms with van der Waals surface area (Å²) in [6, 6.07) is 0.719. The molecule has 1 heteroatoms. The van der Waals surface area contributed by atoms with Crippen molar-refractivity contribution >= 4 is 0 Å². The largest absolute Gasteiger partial charge is 0.314 e. The second kappa shape index (κ2) is 4.91. The summed E-state index contributed by atoms with van der Waals surface area (Å²) in [4.78, 5) is 0. The summed E-state index contributed by atoms with van der Waals surface area (Å²) in [5, 5.41) is 3.79. The summed E-state index contributed by atoms with van der Waals surface area (Å²) in [6.07, 6.45) is 5.29. The van der Waals surface area contributed by atoms with E-state index in [9.17, 15) is 0 Å². The maximum atomic E-state index is 3.79. The Labute approximate surface area is 109 Å². The first-order valence-electron chi connectivity index (χ1n) is 7.23. The van der Waals surface area contributed by atoms with Crippen molar-refractivity contribution in [2.24, 2.45) is 16.2 Å². The Morgan fingerprint density at radius 2 is 1.47 bits per heavy atom. The first-order chi connectivity index (χ1) is 7.49. The van der Waals surface area contributed by atoms with Gasteiger partial charge in [-0.3, -0.25) is 0 Å². The van der Waals surface area contributed by atoms with E-state index >= 15 is 0 Å². The minimum absolute atomic E-state index is 0.451. The van der Waals surface area contributed by atoms with Crippen LogP contribution in [0.2, 0.25) is 0 Å². The van der Waals surface area contributed by atoms with Crippen LogP contribution in [0.4, 0.5) is 0 Å². The van der Waals surface area contributed by atoms with Gasteiger partial charge < -0.3 is 5.32 Å². The lowest BCUT2D eigenvalue weighted by atomic mass is 9.63. The molecule has 102 valence electrons. The van der Waals surface area contributed by atoms with Crippen LogP contribution in [0.25, 0.3) is 0 Å². The predicted octanol–water partition coefficient (Wildman–Crippen LogP) is 4.62. The minimum atomic E-state index is 0.451. The molecular weight excluding hydrogens is 206 g/mol. The van der Waals surface area contributed by atoms with Gasteiger partial charge in [-0.15, -0.1) is 0 Å². The van der Waals surface area contributed by atoms with Gasteiger partial charge in [-0.05, 0) is 48.5 Å².